The van der Waals surface area contributed by atoms with Crippen molar-refractivity contribution in [3.05, 3.63) is 35.6 Å². The summed E-state index contributed by atoms with van der Waals surface area (Å²) in [5.74, 6) is -0.0396. The van der Waals surface area contributed by atoms with Gasteiger partial charge in [-0.25, -0.2) is 4.39 Å². The average molecular weight is 275 g/mol. The minimum Gasteiger partial charge on any atom is -0.342 e. The number of nitrogens with zero attached hydrogens (tertiary/aromatic N) is 1. The number of carbonyl (C=O) groups is 2. The van der Waals surface area contributed by atoms with E-state index in [1.54, 1.807) is 0 Å². The molecule has 0 bridgehead atoms. The first-order valence-corrected chi connectivity index (χ1v) is 7.24. The van der Waals surface area contributed by atoms with E-state index in [1.807, 2.05) is 4.90 Å². The number of carbonyl (C=O) groups excluding carboxylic acids is 2. The van der Waals surface area contributed by atoms with Gasteiger partial charge in [0.2, 0.25) is 5.91 Å². The number of Topliss-reactive ketones (excluding diaryl/α,β-unsaturated/α-hetero) is 1. The highest BCUT2D eigenvalue weighted by atomic mass is 19.1. The van der Waals surface area contributed by atoms with Gasteiger partial charge in [0.25, 0.3) is 0 Å². The number of amides is 1. The number of ketones is 1. The summed E-state index contributed by atoms with van der Waals surface area (Å²) in [5.41, 5.74) is 0.539. The number of hydrogen-bond acceptors (Lipinski definition) is 2. The van der Waals surface area contributed by atoms with E-state index < -0.39 is 0 Å². The van der Waals surface area contributed by atoms with Crippen molar-refractivity contribution in [1.29, 1.82) is 0 Å². The summed E-state index contributed by atoms with van der Waals surface area (Å²) in [6.45, 7) is 1.29. The van der Waals surface area contributed by atoms with Gasteiger partial charge in [0, 0.05) is 30.5 Å². The maximum absolute atomic E-state index is 12.9. The summed E-state index contributed by atoms with van der Waals surface area (Å²) in [4.78, 5) is 26.3. The zero-order chi connectivity index (χ0) is 14.1. The summed E-state index contributed by atoms with van der Waals surface area (Å²) >= 11 is 0. The number of hydrogen-bond donors (Lipinski definition) is 0. The van der Waals surface area contributed by atoms with Gasteiger partial charge >= 0.3 is 0 Å². The van der Waals surface area contributed by atoms with Crippen molar-refractivity contribution in [2.45, 2.75) is 25.7 Å². The Hall–Kier alpha value is -1.71. The maximum atomic E-state index is 12.9. The minimum absolute atomic E-state index is 0.0262. The highest BCUT2D eigenvalue weighted by Crippen LogP contribution is 2.33. The van der Waals surface area contributed by atoms with Crippen LogP contribution in [0.3, 0.4) is 0 Å². The zero-order valence-corrected chi connectivity index (χ0v) is 11.3. The van der Waals surface area contributed by atoms with Gasteiger partial charge in [-0.2, -0.15) is 0 Å². The molecule has 2 fully saturated rings. The highest BCUT2D eigenvalue weighted by Gasteiger charge is 2.36. The van der Waals surface area contributed by atoms with Crippen molar-refractivity contribution in [3.8, 4) is 0 Å². The Morgan fingerprint density at radius 3 is 2.40 bits per heavy atom. The van der Waals surface area contributed by atoms with Crippen LogP contribution in [0.2, 0.25) is 0 Å². The second-order valence-electron chi connectivity index (χ2n) is 5.77. The predicted molar refractivity (Wildman–Crippen MR) is 72.8 cm³/mol. The normalized spacial score (nSPS) is 22.6. The molecular formula is C16H18FNO2. The van der Waals surface area contributed by atoms with E-state index in [9.17, 15) is 14.0 Å². The summed E-state index contributed by atoms with van der Waals surface area (Å²) in [5, 5.41) is 0. The molecule has 1 aliphatic carbocycles. The molecule has 0 aromatic heterocycles. The molecule has 1 aromatic rings. The Balaban J connectivity index is 1.68. The van der Waals surface area contributed by atoms with Gasteiger partial charge in [-0.1, -0.05) is 0 Å². The third kappa shape index (κ3) is 2.74. The van der Waals surface area contributed by atoms with Gasteiger partial charge < -0.3 is 4.90 Å². The topological polar surface area (TPSA) is 37.4 Å². The number of rotatable bonds is 3. The molecule has 3 rings (SSSR count). The molecule has 0 radical (unpaired) electrons. The SMILES string of the molecule is O=C(c1ccc(F)cc1)C1CCCN(C(=O)C2CC2)C1. The van der Waals surface area contributed by atoms with Crippen molar-refractivity contribution < 1.29 is 14.0 Å². The van der Waals surface area contributed by atoms with E-state index in [0.29, 0.717) is 12.1 Å². The molecule has 0 N–H and O–H groups in total. The Morgan fingerprint density at radius 2 is 1.75 bits per heavy atom. The third-order valence-electron chi connectivity index (χ3n) is 4.16. The quantitative estimate of drug-likeness (QED) is 0.795. The molecule has 4 heteroatoms. The van der Waals surface area contributed by atoms with Crippen LogP contribution in [0.4, 0.5) is 4.39 Å². The van der Waals surface area contributed by atoms with Crippen LogP contribution in [-0.2, 0) is 4.79 Å². The molecule has 0 spiro atoms. The Bertz CT molecular complexity index is 522. The molecule has 1 saturated carbocycles. The van der Waals surface area contributed by atoms with E-state index in [0.717, 1.165) is 32.2 Å². The molecule has 106 valence electrons. The molecule has 2 aliphatic rings. The average Bonchev–Trinajstić information content (AvgIpc) is 3.31. The largest absolute Gasteiger partial charge is 0.342 e. The van der Waals surface area contributed by atoms with Crippen molar-refractivity contribution in [2.24, 2.45) is 11.8 Å². The van der Waals surface area contributed by atoms with Crippen LogP contribution >= 0.6 is 0 Å². The van der Waals surface area contributed by atoms with Crippen LogP contribution in [0.25, 0.3) is 0 Å². The number of benzene rings is 1. The van der Waals surface area contributed by atoms with Crippen molar-refractivity contribution in [3.63, 3.8) is 0 Å². The number of piperidine rings is 1. The molecular weight excluding hydrogens is 257 g/mol. The monoisotopic (exact) mass is 275 g/mol. The second kappa shape index (κ2) is 5.35. The van der Waals surface area contributed by atoms with E-state index in [2.05, 4.69) is 0 Å². The van der Waals surface area contributed by atoms with Gasteiger partial charge in [0.1, 0.15) is 5.82 Å². The molecule has 1 atom stereocenters. The molecule has 1 amide bonds. The van der Waals surface area contributed by atoms with E-state index >= 15 is 0 Å². The van der Waals surface area contributed by atoms with E-state index in [4.69, 9.17) is 0 Å². The molecule has 1 saturated heterocycles. The Labute approximate surface area is 117 Å². The maximum Gasteiger partial charge on any atom is 0.225 e. The zero-order valence-electron chi connectivity index (χ0n) is 11.3. The van der Waals surface area contributed by atoms with Crippen LogP contribution in [0.1, 0.15) is 36.0 Å². The fourth-order valence-electron chi connectivity index (χ4n) is 2.83. The summed E-state index contributed by atoms with van der Waals surface area (Å²) in [6, 6.07) is 5.67. The van der Waals surface area contributed by atoms with Crippen molar-refractivity contribution >= 4 is 11.7 Å². The fourth-order valence-corrected chi connectivity index (χ4v) is 2.83. The van der Waals surface area contributed by atoms with Crippen LogP contribution < -0.4 is 0 Å². The lowest BCUT2D eigenvalue weighted by Crippen LogP contribution is -2.43. The predicted octanol–water partition coefficient (Wildman–Crippen LogP) is 2.66. The van der Waals surface area contributed by atoms with Crippen molar-refractivity contribution in [1.82, 2.24) is 4.90 Å². The molecule has 1 aromatic carbocycles. The number of likely N-dealkylation sites (tertiary alicyclic amines) is 1. The van der Waals surface area contributed by atoms with Gasteiger partial charge in [0.15, 0.2) is 5.78 Å². The first-order chi connectivity index (χ1) is 9.65. The molecule has 1 unspecified atom stereocenters. The summed E-state index contributed by atoms with van der Waals surface area (Å²) < 4.78 is 12.9. The standard InChI is InChI=1S/C16H18FNO2/c17-14-7-5-11(6-8-14)15(19)13-2-1-9-18(10-13)16(20)12-3-4-12/h5-8,12-13H,1-4,9-10H2. The first-order valence-electron chi connectivity index (χ1n) is 7.24. The van der Waals surface area contributed by atoms with Crippen LogP contribution in [0, 0.1) is 17.7 Å². The molecule has 20 heavy (non-hydrogen) atoms. The van der Waals surface area contributed by atoms with Crippen LogP contribution in [-0.4, -0.2) is 29.7 Å². The van der Waals surface area contributed by atoms with Gasteiger partial charge in [0.05, 0.1) is 0 Å². The number of halogens is 1. The summed E-state index contributed by atoms with van der Waals surface area (Å²) in [6.07, 6.45) is 3.67. The van der Waals surface area contributed by atoms with Gasteiger partial charge in [-0.05, 0) is 49.9 Å². The molecule has 1 aliphatic heterocycles. The summed E-state index contributed by atoms with van der Waals surface area (Å²) in [7, 11) is 0. The molecule has 3 nitrogen and oxygen atoms in total. The van der Waals surface area contributed by atoms with Gasteiger partial charge in [-0.3, -0.25) is 9.59 Å². The lowest BCUT2D eigenvalue weighted by molar-refractivity contribution is -0.133. The second-order valence-corrected chi connectivity index (χ2v) is 5.77. The van der Waals surface area contributed by atoms with Crippen LogP contribution in [0.5, 0.6) is 0 Å². The van der Waals surface area contributed by atoms with Gasteiger partial charge in [-0.15, -0.1) is 0 Å². The lowest BCUT2D eigenvalue weighted by Gasteiger charge is -2.32. The van der Waals surface area contributed by atoms with Crippen molar-refractivity contribution in [2.75, 3.05) is 13.1 Å². The molecule has 1 heterocycles. The minimum atomic E-state index is -0.337. The fraction of sp³-hybridized carbons (Fsp3) is 0.500. The highest BCUT2D eigenvalue weighted by molar-refractivity contribution is 5.98. The van der Waals surface area contributed by atoms with E-state index in [-0.39, 0.29) is 29.3 Å². The smallest absolute Gasteiger partial charge is 0.225 e. The third-order valence-corrected chi connectivity index (χ3v) is 4.16. The first kappa shape index (κ1) is 13.3. The Kier molecular flexibility index (Phi) is 3.55. The Morgan fingerprint density at radius 1 is 1.05 bits per heavy atom. The van der Waals surface area contributed by atoms with E-state index in [1.165, 1.54) is 24.3 Å². The lowest BCUT2D eigenvalue weighted by atomic mass is 9.90. The van der Waals surface area contributed by atoms with Crippen LogP contribution in [0.15, 0.2) is 24.3 Å².